The fourth-order valence-electron chi connectivity index (χ4n) is 1.97. The molecule has 0 saturated heterocycles. The molecule has 0 aliphatic carbocycles. The Morgan fingerprint density at radius 1 is 1.61 bits per heavy atom. The third-order valence-corrected chi connectivity index (χ3v) is 2.89. The largest absolute Gasteiger partial charge is 0.349 e. The van der Waals surface area contributed by atoms with Crippen LogP contribution in [0.4, 0.5) is 5.69 Å². The van der Waals surface area contributed by atoms with Crippen molar-refractivity contribution in [2.45, 2.75) is 25.8 Å². The summed E-state index contributed by atoms with van der Waals surface area (Å²) in [7, 11) is 0. The monoisotopic (exact) mass is 244 g/mol. The summed E-state index contributed by atoms with van der Waals surface area (Å²) < 4.78 is 0. The van der Waals surface area contributed by atoms with Gasteiger partial charge < -0.3 is 10.6 Å². The molecule has 0 bridgehead atoms. The van der Waals surface area contributed by atoms with E-state index < -0.39 is 0 Å². The number of amides is 2. The molecule has 94 valence electrons. The summed E-state index contributed by atoms with van der Waals surface area (Å²) in [6.45, 7) is 5.56. The maximum absolute atomic E-state index is 12.0. The Morgan fingerprint density at radius 2 is 2.39 bits per heavy atom. The fourth-order valence-corrected chi connectivity index (χ4v) is 1.97. The number of carbonyl (C=O) groups is 2. The first-order valence-electron chi connectivity index (χ1n) is 5.94. The van der Waals surface area contributed by atoms with Crippen LogP contribution in [-0.4, -0.2) is 17.9 Å². The number of benzene rings is 1. The summed E-state index contributed by atoms with van der Waals surface area (Å²) in [5.41, 5.74) is 2.24. The Labute approximate surface area is 106 Å². The Kier molecular flexibility index (Phi) is 3.46. The quantitative estimate of drug-likeness (QED) is 0.794. The van der Waals surface area contributed by atoms with Crippen LogP contribution in [0.3, 0.4) is 0 Å². The molecule has 4 nitrogen and oxygen atoms in total. The Hall–Kier alpha value is -2.10. The van der Waals surface area contributed by atoms with Gasteiger partial charge >= 0.3 is 0 Å². The summed E-state index contributed by atoms with van der Waals surface area (Å²) in [5.74, 6) is -0.157. The van der Waals surface area contributed by atoms with Crippen molar-refractivity contribution in [1.29, 1.82) is 0 Å². The standard InChI is InChI=1S/C14H16N2O2/c1-3-4-9(2)15-14(18)11-6-5-10-8-13(17)16-12(10)7-11/h3,5-7,9H,1,4,8H2,2H3,(H,15,18)(H,16,17). The number of hydrogen-bond donors (Lipinski definition) is 2. The van der Waals surface area contributed by atoms with Crippen molar-refractivity contribution < 1.29 is 9.59 Å². The van der Waals surface area contributed by atoms with E-state index in [0.717, 1.165) is 17.7 Å². The van der Waals surface area contributed by atoms with Crippen molar-refractivity contribution in [3.63, 3.8) is 0 Å². The van der Waals surface area contributed by atoms with Crippen LogP contribution in [0.2, 0.25) is 0 Å². The second-order valence-corrected chi connectivity index (χ2v) is 4.50. The molecule has 1 aliphatic rings. The SMILES string of the molecule is C=CCC(C)NC(=O)c1ccc2c(c1)NC(=O)C2. The predicted molar refractivity (Wildman–Crippen MR) is 70.5 cm³/mol. The molecule has 0 spiro atoms. The van der Waals surface area contributed by atoms with Crippen LogP contribution in [0.1, 0.15) is 29.3 Å². The molecule has 0 radical (unpaired) electrons. The fraction of sp³-hybridized carbons (Fsp3) is 0.286. The van der Waals surface area contributed by atoms with Gasteiger partial charge in [-0.25, -0.2) is 0 Å². The summed E-state index contributed by atoms with van der Waals surface area (Å²) >= 11 is 0. The van der Waals surface area contributed by atoms with E-state index in [-0.39, 0.29) is 17.9 Å². The number of rotatable bonds is 4. The summed E-state index contributed by atoms with van der Waals surface area (Å²) in [4.78, 5) is 23.2. The van der Waals surface area contributed by atoms with Crippen LogP contribution in [0.25, 0.3) is 0 Å². The number of fused-ring (bicyclic) bond motifs is 1. The molecule has 1 heterocycles. The lowest BCUT2D eigenvalue weighted by Gasteiger charge is -2.12. The lowest BCUT2D eigenvalue weighted by Crippen LogP contribution is -2.32. The highest BCUT2D eigenvalue weighted by Gasteiger charge is 2.19. The van der Waals surface area contributed by atoms with Crippen LogP contribution in [0.15, 0.2) is 30.9 Å². The van der Waals surface area contributed by atoms with Gasteiger partial charge in [0.15, 0.2) is 0 Å². The van der Waals surface area contributed by atoms with Gasteiger partial charge in [0.1, 0.15) is 0 Å². The van der Waals surface area contributed by atoms with E-state index >= 15 is 0 Å². The Morgan fingerprint density at radius 3 is 3.11 bits per heavy atom. The van der Waals surface area contributed by atoms with E-state index in [4.69, 9.17) is 0 Å². The minimum Gasteiger partial charge on any atom is -0.349 e. The van der Waals surface area contributed by atoms with Gasteiger partial charge in [0.2, 0.25) is 5.91 Å². The highest BCUT2D eigenvalue weighted by Crippen LogP contribution is 2.23. The second-order valence-electron chi connectivity index (χ2n) is 4.50. The maximum atomic E-state index is 12.0. The average molecular weight is 244 g/mol. The van der Waals surface area contributed by atoms with E-state index in [0.29, 0.717) is 12.0 Å². The molecule has 2 amide bonds. The number of hydrogen-bond acceptors (Lipinski definition) is 2. The van der Waals surface area contributed by atoms with Crippen molar-refractivity contribution in [3.05, 3.63) is 42.0 Å². The van der Waals surface area contributed by atoms with Crippen molar-refractivity contribution in [3.8, 4) is 0 Å². The summed E-state index contributed by atoms with van der Waals surface area (Å²) in [6.07, 6.45) is 2.89. The molecular weight excluding hydrogens is 228 g/mol. The molecule has 0 fully saturated rings. The second kappa shape index (κ2) is 5.04. The van der Waals surface area contributed by atoms with Crippen molar-refractivity contribution in [2.24, 2.45) is 0 Å². The highest BCUT2D eigenvalue weighted by atomic mass is 16.2. The van der Waals surface area contributed by atoms with Crippen LogP contribution in [-0.2, 0) is 11.2 Å². The Bertz CT molecular complexity index is 509. The van der Waals surface area contributed by atoms with E-state index in [1.54, 1.807) is 18.2 Å². The zero-order valence-corrected chi connectivity index (χ0v) is 10.3. The summed E-state index contributed by atoms with van der Waals surface area (Å²) in [5, 5.41) is 5.61. The highest BCUT2D eigenvalue weighted by molar-refractivity contribution is 6.02. The van der Waals surface area contributed by atoms with Crippen LogP contribution >= 0.6 is 0 Å². The molecule has 2 N–H and O–H groups in total. The lowest BCUT2D eigenvalue weighted by molar-refractivity contribution is -0.115. The topological polar surface area (TPSA) is 58.2 Å². The molecule has 18 heavy (non-hydrogen) atoms. The molecule has 1 aromatic carbocycles. The number of nitrogens with one attached hydrogen (secondary N) is 2. The van der Waals surface area contributed by atoms with Gasteiger partial charge in [-0.15, -0.1) is 6.58 Å². The maximum Gasteiger partial charge on any atom is 0.251 e. The van der Waals surface area contributed by atoms with Crippen molar-refractivity contribution in [2.75, 3.05) is 5.32 Å². The van der Waals surface area contributed by atoms with Gasteiger partial charge in [0.25, 0.3) is 5.91 Å². The minimum atomic E-state index is -0.131. The van der Waals surface area contributed by atoms with Crippen LogP contribution < -0.4 is 10.6 Å². The number of anilines is 1. The molecule has 4 heteroatoms. The normalized spacial score (nSPS) is 14.6. The molecule has 1 aromatic rings. The molecule has 0 aromatic heterocycles. The number of carbonyl (C=O) groups excluding carboxylic acids is 2. The van der Waals surface area contributed by atoms with Gasteiger partial charge in [0.05, 0.1) is 6.42 Å². The first-order valence-corrected chi connectivity index (χ1v) is 5.94. The molecular formula is C14H16N2O2. The van der Waals surface area contributed by atoms with Gasteiger partial charge in [0, 0.05) is 17.3 Å². The van der Waals surface area contributed by atoms with E-state index in [1.165, 1.54) is 0 Å². The van der Waals surface area contributed by atoms with E-state index in [9.17, 15) is 9.59 Å². The molecule has 0 saturated carbocycles. The molecule has 1 atom stereocenters. The van der Waals surface area contributed by atoms with Gasteiger partial charge in [-0.3, -0.25) is 9.59 Å². The zero-order chi connectivity index (χ0) is 13.1. The van der Waals surface area contributed by atoms with Crippen molar-refractivity contribution >= 4 is 17.5 Å². The van der Waals surface area contributed by atoms with Gasteiger partial charge in [-0.2, -0.15) is 0 Å². The zero-order valence-electron chi connectivity index (χ0n) is 10.3. The van der Waals surface area contributed by atoms with Crippen LogP contribution in [0.5, 0.6) is 0 Å². The average Bonchev–Trinajstić information content (AvgIpc) is 2.68. The summed E-state index contributed by atoms with van der Waals surface area (Å²) in [6, 6.07) is 5.34. The van der Waals surface area contributed by atoms with Crippen molar-refractivity contribution in [1.82, 2.24) is 5.32 Å². The first-order chi connectivity index (χ1) is 8.60. The van der Waals surface area contributed by atoms with E-state index in [2.05, 4.69) is 17.2 Å². The Balaban J connectivity index is 2.10. The molecule has 2 rings (SSSR count). The minimum absolute atomic E-state index is 0.0254. The third-order valence-electron chi connectivity index (χ3n) is 2.89. The van der Waals surface area contributed by atoms with Gasteiger partial charge in [-0.05, 0) is 31.0 Å². The van der Waals surface area contributed by atoms with E-state index in [1.807, 2.05) is 13.0 Å². The molecule has 1 unspecified atom stereocenters. The van der Waals surface area contributed by atoms with Gasteiger partial charge in [-0.1, -0.05) is 12.1 Å². The first kappa shape index (κ1) is 12.4. The van der Waals surface area contributed by atoms with Crippen LogP contribution in [0, 0.1) is 0 Å². The molecule has 1 aliphatic heterocycles. The smallest absolute Gasteiger partial charge is 0.251 e. The third kappa shape index (κ3) is 2.59. The lowest BCUT2D eigenvalue weighted by atomic mass is 10.1. The predicted octanol–water partition coefficient (Wildman–Crippen LogP) is 1.88.